The van der Waals surface area contributed by atoms with Crippen LogP contribution in [0.15, 0.2) is 24.3 Å². The summed E-state index contributed by atoms with van der Waals surface area (Å²) in [4.78, 5) is 37.7. The number of esters is 1. The second kappa shape index (κ2) is 52.9. The number of hydrogen-bond acceptors (Lipinski definition) is 6. The molecule has 0 radical (unpaired) electrons. The largest absolute Gasteiger partial charge is 0.472 e. The zero-order chi connectivity index (χ0) is 52.9. The molecule has 0 aromatic carbocycles. The summed E-state index contributed by atoms with van der Waals surface area (Å²) in [6.45, 7) is 7.04. The molecule has 10 heteroatoms. The van der Waals surface area contributed by atoms with Crippen molar-refractivity contribution < 1.29 is 37.3 Å². The third-order valence-corrected chi connectivity index (χ3v) is 15.1. The van der Waals surface area contributed by atoms with Gasteiger partial charge >= 0.3 is 13.8 Å². The molecule has 0 fully saturated rings. The highest BCUT2D eigenvalue weighted by molar-refractivity contribution is 7.47. The van der Waals surface area contributed by atoms with E-state index in [0.29, 0.717) is 23.9 Å². The third-order valence-electron chi connectivity index (χ3n) is 14.1. The number of hydrogen-bond donors (Lipinski definition) is 2. The highest BCUT2D eigenvalue weighted by Crippen LogP contribution is 2.43. The van der Waals surface area contributed by atoms with Gasteiger partial charge in [0, 0.05) is 12.8 Å². The van der Waals surface area contributed by atoms with Gasteiger partial charge in [-0.05, 0) is 57.4 Å². The quantitative estimate of drug-likeness (QED) is 0.0205. The Labute approximate surface area is 447 Å². The molecule has 0 saturated carbocycles. The molecule has 72 heavy (non-hydrogen) atoms. The van der Waals surface area contributed by atoms with Crippen LogP contribution in [0.5, 0.6) is 0 Å². The predicted octanol–water partition coefficient (Wildman–Crippen LogP) is 18.9. The molecule has 0 heterocycles. The zero-order valence-electron chi connectivity index (χ0n) is 48.7. The lowest BCUT2D eigenvalue weighted by Gasteiger charge is -2.27. The summed E-state index contributed by atoms with van der Waals surface area (Å²) >= 11 is 0. The lowest BCUT2D eigenvalue weighted by Crippen LogP contribution is -2.47. The number of ether oxygens (including phenoxy) is 1. The van der Waals surface area contributed by atoms with Crippen molar-refractivity contribution >= 4 is 19.7 Å². The SMILES string of the molecule is CCCCCC/C=C\CCCCCCCCCC(=O)OC(/C=C/CCCCCCCCCCCC)C(COP(=O)(O)OCC[N+](C)(C)C)NC(=O)CCCCCCCCCCCCCCCCCCCCC. The van der Waals surface area contributed by atoms with Gasteiger partial charge in [0.1, 0.15) is 19.3 Å². The molecule has 3 unspecified atom stereocenters. The summed E-state index contributed by atoms with van der Waals surface area (Å²) in [5.41, 5.74) is 0. The molecule has 0 aromatic rings. The first-order valence-electron chi connectivity index (χ1n) is 31.2. The van der Waals surface area contributed by atoms with Gasteiger partial charge in [-0.3, -0.25) is 18.6 Å². The van der Waals surface area contributed by atoms with Crippen molar-refractivity contribution in [2.75, 3.05) is 40.9 Å². The normalized spacial score (nSPS) is 13.8. The number of likely N-dealkylation sites (N-methyl/N-ethyl adjacent to an activating group) is 1. The van der Waals surface area contributed by atoms with Crippen molar-refractivity contribution in [3.05, 3.63) is 24.3 Å². The summed E-state index contributed by atoms with van der Waals surface area (Å²) in [6, 6.07) is -0.843. The Hall–Kier alpha value is -1.51. The molecule has 0 aromatic heterocycles. The molecule has 1 amide bonds. The van der Waals surface area contributed by atoms with Crippen LogP contribution >= 0.6 is 7.82 Å². The second-order valence-corrected chi connectivity index (χ2v) is 24.0. The van der Waals surface area contributed by atoms with E-state index in [2.05, 4.69) is 38.2 Å². The number of allylic oxidation sites excluding steroid dienone is 3. The molecule has 2 N–H and O–H groups in total. The average Bonchev–Trinajstić information content (AvgIpc) is 3.34. The van der Waals surface area contributed by atoms with Crippen LogP contribution in [0.25, 0.3) is 0 Å². The highest BCUT2D eigenvalue weighted by Gasteiger charge is 2.30. The molecule has 0 rings (SSSR count). The van der Waals surface area contributed by atoms with Crippen LogP contribution in [0.4, 0.5) is 0 Å². The summed E-state index contributed by atoms with van der Waals surface area (Å²) in [7, 11) is 1.51. The fourth-order valence-corrected chi connectivity index (χ4v) is 10.0. The number of rotatable bonds is 57. The first-order valence-corrected chi connectivity index (χ1v) is 32.7. The van der Waals surface area contributed by atoms with Crippen LogP contribution in [-0.4, -0.2) is 74.3 Å². The van der Waals surface area contributed by atoms with E-state index < -0.39 is 20.0 Å². The summed E-state index contributed by atoms with van der Waals surface area (Å²) in [6.07, 6.45) is 61.7. The van der Waals surface area contributed by atoms with E-state index in [1.165, 1.54) is 218 Å². The minimum absolute atomic E-state index is 0.0431. The van der Waals surface area contributed by atoms with Gasteiger partial charge in [-0.2, -0.15) is 0 Å². The Morgan fingerprint density at radius 2 is 0.806 bits per heavy atom. The van der Waals surface area contributed by atoms with Gasteiger partial charge in [0.25, 0.3) is 0 Å². The van der Waals surface area contributed by atoms with E-state index in [0.717, 1.165) is 57.8 Å². The van der Waals surface area contributed by atoms with Crippen LogP contribution in [0.3, 0.4) is 0 Å². The van der Waals surface area contributed by atoms with Crippen molar-refractivity contribution in [3.8, 4) is 0 Å². The number of unbranched alkanes of at least 4 members (excludes halogenated alkanes) is 39. The lowest BCUT2D eigenvalue weighted by molar-refractivity contribution is -0.870. The number of carbonyl (C=O) groups is 2. The number of phosphoric ester groups is 1. The predicted molar refractivity (Wildman–Crippen MR) is 310 cm³/mol. The highest BCUT2D eigenvalue weighted by atomic mass is 31.2. The number of quaternary nitrogens is 1. The van der Waals surface area contributed by atoms with Crippen LogP contribution in [-0.2, 0) is 27.9 Å². The number of carbonyl (C=O) groups excluding carboxylic acids is 2. The van der Waals surface area contributed by atoms with E-state index in [1.54, 1.807) is 0 Å². The standard InChI is InChI=1S/C62H121N2O7P/c1-7-10-13-16-19-22-25-28-30-31-32-33-35-36-39-42-45-48-51-54-61(65)63-59(58-70-72(67,68)69-57-56-64(4,5)6)60(53-50-47-44-41-38-27-24-21-18-15-12-9-3)71-62(66)55-52-49-46-43-40-37-34-29-26-23-20-17-14-11-8-2/h23,26,50,53,59-60H,7-22,24-25,27-49,51-52,54-58H2,1-6H3,(H-,63,65,67,68)/p+1/b26-23-,53-50+. The molecule has 9 nitrogen and oxygen atoms in total. The van der Waals surface area contributed by atoms with Crippen molar-refractivity contribution in [1.82, 2.24) is 5.32 Å². The van der Waals surface area contributed by atoms with E-state index in [4.69, 9.17) is 13.8 Å². The molecule has 0 saturated heterocycles. The Balaban J connectivity index is 5.22. The van der Waals surface area contributed by atoms with Crippen LogP contribution < -0.4 is 5.32 Å². The Kier molecular flexibility index (Phi) is 51.8. The van der Waals surface area contributed by atoms with Crippen molar-refractivity contribution in [2.45, 2.75) is 322 Å². The van der Waals surface area contributed by atoms with Crippen molar-refractivity contribution in [3.63, 3.8) is 0 Å². The van der Waals surface area contributed by atoms with E-state index >= 15 is 0 Å². The second-order valence-electron chi connectivity index (χ2n) is 22.6. The van der Waals surface area contributed by atoms with Gasteiger partial charge in [-0.1, -0.05) is 264 Å². The topological polar surface area (TPSA) is 111 Å². The smallest absolute Gasteiger partial charge is 0.456 e. The Morgan fingerprint density at radius 1 is 0.472 bits per heavy atom. The first kappa shape index (κ1) is 70.5. The van der Waals surface area contributed by atoms with Gasteiger partial charge in [-0.25, -0.2) is 4.57 Å². The first-order chi connectivity index (χ1) is 34.9. The number of nitrogens with zero attached hydrogens (tertiary/aromatic N) is 1. The third kappa shape index (κ3) is 53.3. The maximum Gasteiger partial charge on any atom is 0.472 e. The molecule has 0 spiro atoms. The van der Waals surface area contributed by atoms with Crippen molar-refractivity contribution in [2.24, 2.45) is 0 Å². The molecule has 3 atom stereocenters. The minimum Gasteiger partial charge on any atom is -0.456 e. The maximum atomic E-state index is 13.5. The molecule has 0 bridgehead atoms. The molecular formula is C62H122N2O7P+. The fourth-order valence-electron chi connectivity index (χ4n) is 9.29. The Morgan fingerprint density at radius 3 is 1.19 bits per heavy atom. The summed E-state index contributed by atoms with van der Waals surface area (Å²) < 4.78 is 30.7. The molecular weight excluding hydrogens is 916 g/mol. The zero-order valence-corrected chi connectivity index (χ0v) is 49.6. The van der Waals surface area contributed by atoms with E-state index in [9.17, 15) is 19.0 Å². The molecule has 0 aliphatic carbocycles. The van der Waals surface area contributed by atoms with Gasteiger partial charge < -0.3 is 19.4 Å². The van der Waals surface area contributed by atoms with Crippen LogP contribution in [0.1, 0.15) is 310 Å². The van der Waals surface area contributed by atoms with Crippen LogP contribution in [0, 0.1) is 0 Å². The van der Waals surface area contributed by atoms with Crippen molar-refractivity contribution in [1.29, 1.82) is 0 Å². The number of amides is 1. The van der Waals surface area contributed by atoms with Gasteiger partial charge in [0.15, 0.2) is 0 Å². The van der Waals surface area contributed by atoms with Gasteiger partial charge in [-0.15, -0.1) is 0 Å². The summed E-state index contributed by atoms with van der Waals surface area (Å²) in [5, 5.41) is 3.06. The van der Waals surface area contributed by atoms with E-state index in [-0.39, 0.29) is 25.1 Å². The van der Waals surface area contributed by atoms with Gasteiger partial charge in [0.05, 0.1) is 33.8 Å². The monoisotopic (exact) mass is 1040 g/mol. The average molecular weight is 1040 g/mol. The van der Waals surface area contributed by atoms with E-state index in [1.807, 2.05) is 33.3 Å². The summed E-state index contributed by atoms with van der Waals surface area (Å²) in [5.74, 6) is -0.494. The molecule has 0 aliphatic heterocycles. The minimum atomic E-state index is -4.44. The number of phosphoric acid groups is 1. The number of nitrogens with one attached hydrogen (secondary N) is 1. The lowest BCUT2D eigenvalue weighted by atomic mass is 10.0. The van der Waals surface area contributed by atoms with Crippen LogP contribution in [0.2, 0.25) is 0 Å². The molecule has 426 valence electrons. The Bertz CT molecular complexity index is 1290. The van der Waals surface area contributed by atoms with Gasteiger partial charge in [0.2, 0.25) is 5.91 Å². The fraction of sp³-hybridized carbons (Fsp3) is 0.903. The maximum absolute atomic E-state index is 13.5. The molecule has 0 aliphatic rings.